The van der Waals surface area contributed by atoms with E-state index in [1.54, 1.807) is 0 Å². The molecule has 2 aliphatic heterocycles. The van der Waals surface area contributed by atoms with E-state index < -0.39 is 0 Å². The van der Waals surface area contributed by atoms with Gasteiger partial charge >= 0.3 is 0 Å². The maximum atomic E-state index is 6.23. The first-order valence-electron chi connectivity index (χ1n) is 23.0. The van der Waals surface area contributed by atoms with E-state index in [2.05, 4.69) is 6.92 Å². The molecule has 2 heterocycles. The van der Waals surface area contributed by atoms with E-state index in [0.717, 1.165) is 75.3 Å². The Balaban J connectivity index is 0.658. The average Bonchev–Trinajstić information content (AvgIpc) is 4.13. The number of rotatable bonds is 27. The molecule has 0 radical (unpaired) electrons. The summed E-state index contributed by atoms with van der Waals surface area (Å²) < 4.78 is 52.3. The van der Waals surface area contributed by atoms with E-state index in [0.29, 0.717) is 76.3 Å². The molecule has 4 atom stereocenters. The van der Waals surface area contributed by atoms with E-state index in [9.17, 15) is 0 Å². The van der Waals surface area contributed by atoms with Crippen molar-refractivity contribution in [1.29, 1.82) is 0 Å². The quantitative estimate of drug-likeness (QED) is 0.0462. The smallest absolute Gasteiger partial charge is 0.155 e. The number of hydrogen-bond donors (Lipinski definition) is 0. The highest BCUT2D eigenvalue weighted by atomic mass is 16.7. The lowest BCUT2D eigenvalue weighted by atomic mass is 9.73. The highest BCUT2D eigenvalue weighted by Crippen LogP contribution is 2.40. The Morgan fingerprint density at radius 3 is 1.37 bits per heavy atom. The lowest BCUT2D eigenvalue weighted by Crippen LogP contribution is -2.29. The summed E-state index contributed by atoms with van der Waals surface area (Å²) in [5, 5.41) is 0. The Kier molecular flexibility index (Phi) is 19.6. The van der Waals surface area contributed by atoms with Crippen molar-refractivity contribution in [2.45, 2.75) is 192 Å². The Labute approximate surface area is 329 Å². The fourth-order valence-electron chi connectivity index (χ4n) is 10.1. The van der Waals surface area contributed by atoms with Gasteiger partial charge in [0.25, 0.3) is 0 Å². The second-order valence-corrected chi connectivity index (χ2v) is 18.3. The summed E-state index contributed by atoms with van der Waals surface area (Å²) in [5.41, 5.74) is 0. The van der Waals surface area contributed by atoms with Crippen molar-refractivity contribution in [2.24, 2.45) is 29.6 Å². The van der Waals surface area contributed by atoms with E-state index in [4.69, 9.17) is 42.6 Å². The van der Waals surface area contributed by atoms with Crippen LogP contribution in [0.15, 0.2) is 0 Å². The Bertz CT molecular complexity index is 945. The Hall–Kier alpha value is -0.360. The minimum absolute atomic E-state index is 0.184. The van der Waals surface area contributed by atoms with Crippen molar-refractivity contribution in [1.82, 2.24) is 0 Å². The molecule has 0 aromatic rings. The third kappa shape index (κ3) is 17.6. The number of ether oxygens (including phenoxy) is 9. The van der Waals surface area contributed by atoms with Crippen molar-refractivity contribution >= 4 is 0 Å². The largest absolute Gasteiger partial charge is 0.377 e. The van der Waals surface area contributed by atoms with Crippen LogP contribution < -0.4 is 0 Å². The van der Waals surface area contributed by atoms with Crippen LogP contribution in [0.1, 0.15) is 149 Å². The lowest BCUT2D eigenvalue weighted by molar-refractivity contribution is -0.174. The van der Waals surface area contributed by atoms with E-state index in [-0.39, 0.29) is 6.29 Å². The van der Waals surface area contributed by atoms with Crippen molar-refractivity contribution in [3.05, 3.63) is 0 Å². The molecule has 0 bridgehead atoms. The van der Waals surface area contributed by atoms with Gasteiger partial charge in [-0.2, -0.15) is 0 Å². The minimum Gasteiger partial charge on any atom is -0.377 e. The predicted octanol–water partition coefficient (Wildman–Crippen LogP) is 9.07. The first-order chi connectivity index (χ1) is 26.5. The lowest BCUT2D eigenvalue weighted by Gasteiger charge is -2.34. The third-order valence-corrected chi connectivity index (χ3v) is 13.7. The van der Waals surface area contributed by atoms with Crippen LogP contribution in [-0.2, 0) is 42.6 Å². The minimum atomic E-state index is -0.184. The van der Waals surface area contributed by atoms with Gasteiger partial charge in [-0.25, -0.2) is 0 Å². The fourth-order valence-corrected chi connectivity index (χ4v) is 10.1. The van der Waals surface area contributed by atoms with Gasteiger partial charge in [0.2, 0.25) is 0 Å². The van der Waals surface area contributed by atoms with Gasteiger partial charge in [0.1, 0.15) is 12.2 Å². The van der Waals surface area contributed by atoms with Crippen LogP contribution in [0.2, 0.25) is 0 Å². The zero-order valence-electron chi connectivity index (χ0n) is 34.5. The first kappa shape index (κ1) is 43.2. The van der Waals surface area contributed by atoms with Crippen LogP contribution in [0.5, 0.6) is 0 Å². The standard InChI is InChI=1S/C45H80O9/c1-34(4-3-5-36-6-8-37(9-7-36)28-38-10-16-41(17-11-38)50-30-44-32-52-44)48-26-24-46-22-23-47-25-27-49-35(2)54-43-20-14-40(15-21-43)29-39-12-18-42(19-13-39)51-31-45-33-53-45/h34-45H,3-33H2,1-2H3. The summed E-state index contributed by atoms with van der Waals surface area (Å²) in [6, 6.07) is 0. The van der Waals surface area contributed by atoms with Gasteiger partial charge in [-0.15, -0.1) is 0 Å². The monoisotopic (exact) mass is 765 g/mol. The van der Waals surface area contributed by atoms with Crippen LogP contribution in [0.4, 0.5) is 0 Å². The molecule has 9 nitrogen and oxygen atoms in total. The molecule has 0 spiro atoms. The molecular weight excluding hydrogens is 684 g/mol. The van der Waals surface area contributed by atoms with Gasteiger partial charge in [-0.1, -0.05) is 38.5 Å². The summed E-state index contributed by atoms with van der Waals surface area (Å²) in [6.07, 6.45) is 29.9. The van der Waals surface area contributed by atoms with E-state index >= 15 is 0 Å². The molecule has 2 saturated heterocycles. The van der Waals surface area contributed by atoms with Crippen molar-refractivity contribution in [2.75, 3.05) is 66.1 Å². The molecule has 0 aromatic heterocycles. The molecular formula is C45H80O9. The number of epoxide rings is 2. The van der Waals surface area contributed by atoms with Crippen molar-refractivity contribution in [3.63, 3.8) is 0 Å². The second kappa shape index (κ2) is 24.5. The molecule has 4 unspecified atom stereocenters. The molecule has 9 heteroatoms. The van der Waals surface area contributed by atoms with Gasteiger partial charge in [0.15, 0.2) is 6.29 Å². The fraction of sp³-hybridized carbons (Fsp3) is 1.00. The van der Waals surface area contributed by atoms with Crippen LogP contribution in [0, 0.1) is 29.6 Å². The molecule has 0 aromatic carbocycles. The highest BCUT2D eigenvalue weighted by molar-refractivity contribution is 4.82. The van der Waals surface area contributed by atoms with Crippen LogP contribution in [0.25, 0.3) is 0 Å². The van der Waals surface area contributed by atoms with E-state index in [1.807, 2.05) is 6.92 Å². The number of hydrogen-bond acceptors (Lipinski definition) is 9. The summed E-state index contributed by atoms with van der Waals surface area (Å²) in [6.45, 7) is 11.2. The predicted molar refractivity (Wildman–Crippen MR) is 211 cm³/mol. The summed E-state index contributed by atoms with van der Waals surface area (Å²) in [5.74, 6) is 4.57. The van der Waals surface area contributed by atoms with Gasteiger partial charge in [-0.3, -0.25) is 0 Å². The molecule has 4 aliphatic carbocycles. The second-order valence-electron chi connectivity index (χ2n) is 18.3. The topological polar surface area (TPSA) is 89.7 Å². The van der Waals surface area contributed by atoms with Crippen molar-refractivity contribution < 1.29 is 42.6 Å². The molecule has 0 N–H and O–H groups in total. The molecule has 6 fully saturated rings. The molecule has 54 heavy (non-hydrogen) atoms. The van der Waals surface area contributed by atoms with Gasteiger partial charge in [0, 0.05) is 0 Å². The highest BCUT2D eigenvalue weighted by Gasteiger charge is 2.31. The molecule has 6 aliphatic rings. The van der Waals surface area contributed by atoms with Crippen molar-refractivity contribution in [3.8, 4) is 0 Å². The van der Waals surface area contributed by atoms with Crippen LogP contribution in [-0.4, -0.2) is 109 Å². The first-order valence-corrected chi connectivity index (χ1v) is 23.0. The van der Waals surface area contributed by atoms with Crippen LogP contribution in [0.3, 0.4) is 0 Å². The summed E-state index contributed by atoms with van der Waals surface area (Å²) in [4.78, 5) is 0. The zero-order valence-corrected chi connectivity index (χ0v) is 34.5. The third-order valence-electron chi connectivity index (χ3n) is 13.7. The van der Waals surface area contributed by atoms with E-state index in [1.165, 1.54) is 116 Å². The van der Waals surface area contributed by atoms with Gasteiger partial charge < -0.3 is 42.6 Å². The maximum Gasteiger partial charge on any atom is 0.155 e. The Morgan fingerprint density at radius 2 is 0.889 bits per heavy atom. The van der Waals surface area contributed by atoms with Gasteiger partial charge in [0.05, 0.1) is 90.5 Å². The summed E-state index contributed by atoms with van der Waals surface area (Å²) in [7, 11) is 0. The van der Waals surface area contributed by atoms with Crippen LogP contribution >= 0.6 is 0 Å². The average molecular weight is 765 g/mol. The Morgan fingerprint density at radius 1 is 0.481 bits per heavy atom. The molecule has 4 saturated carbocycles. The normalized spacial score (nSPS) is 35.4. The summed E-state index contributed by atoms with van der Waals surface area (Å²) >= 11 is 0. The zero-order chi connectivity index (χ0) is 37.2. The molecule has 0 amide bonds. The SMILES string of the molecule is CC(CCCC1CCC(CC2CCC(OCC3CO3)CC2)CC1)OCCOCCOCCOC(C)OC1CCC(CC2CCC(OCC3CO3)CC2)CC1. The van der Waals surface area contributed by atoms with Gasteiger partial charge in [-0.05, 0) is 140 Å². The maximum absolute atomic E-state index is 6.23. The molecule has 314 valence electrons. The molecule has 6 rings (SSSR count).